The van der Waals surface area contributed by atoms with E-state index in [0.717, 1.165) is 0 Å². The first kappa shape index (κ1) is 14.3. The minimum Gasteiger partial charge on any atom is -0.496 e. The minimum atomic E-state index is -1.46. The number of carbonyl (C=O) groups excluding carboxylic acids is 1. The average molecular weight is 255 g/mol. The fraction of sp³-hybridized carbons (Fsp3) is 0.417. The highest BCUT2D eigenvalue weighted by molar-refractivity contribution is 5.65. The van der Waals surface area contributed by atoms with Crippen molar-refractivity contribution in [2.45, 2.75) is 25.2 Å². The molecule has 1 aromatic carbocycles. The van der Waals surface area contributed by atoms with Crippen LogP contribution in [0.1, 0.15) is 24.5 Å². The van der Waals surface area contributed by atoms with Crippen molar-refractivity contribution in [2.75, 3.05) is 7.11 Å². The Morgan fingerprint density at radius 3 is 2.56 bits per heavy atom. The molecule has 1 unspecified atom stereocenters. The summed E-state index contributed by atoms with van der Waals surface area (Å²) in [4.78, 5) is 10.9. The van der Waals surface area contributed by atoms with Gasteiger partial charge in [-0.15, -0.1) is 0 Å². The molecule has 1 amide bonds. The zero-order valence-corrected chi connectivity index (χ0v) is 10.1. The van der Waals surface area contributed by atoms with E-state index >= 15 is 0 Å². The molecule has 0 heterocycles. The highest BCUT2D eigenvalue weighted by Gasteiger charge is 2.20. The number of primary amides is 1. The Balaban J connectivity index is 2.89. The molecule has 1 aromatic rings. The predicted molar refractivity (Wildman–Crippen MR) is 63.9 cm³/mol. The Morgan fingerprint density at radius 2 is 2.00 bits per heavy atom. The van der Waals surface area contributed by atoms with Crippen molar-refractivity contribution in [3.63, 3.8) is 0 Å². The molecule has 0 saturated carbocycles. The normalized spacial score (nSPS) is 12.2. The third-order valence-electron chi connectivity index (χ3n) is 2.43. The smallest absolute Gasteiger partial charge is 0.405 e. The van der Waals surface area contributed by atoms with Gasteiger partial charge in [-0.2, -0.15) is 0 Å². The Kier molecular flexibility index (Phi) is 5.41. The molecule has 0 aliphatic carbocycles. The quantitative estimate of drug-likeness (QED) is 0.656. The predicted octanol–water partition coefficient (Wildman–Crippen LogP) is 0.923. The first-order chi connectivity index (χ1) is 8.54. The van der Waals surface area contributed by atoms with Crippen molar-refractivity contribution < 1.29 is 24.5 Å². The maximum atomic E-state index is 10.9. The molecule has 0 radical (unpaired) electrons. The fourth-order valence-electron chi connectivity index (χ4n) is 1.65. The van der Waals surface area contributed by atoms with Gasteiger partial charge in [0, 0.05) is 12.0 Å². The van der Waals surface area contributed by atoms with Gasteiger partial charge in [-0.05, 0) is 12.5 Å². The molecule has 100 valence electrons. The van der Waals surface area contributed by atoms with Crippen LogP contribution in [0.5, 0.6) is 5.75 Å². The Labute approximate surface area is 105 Å². The van der Waals surface area contributed by atoms with Crippen molar-refractivity contribution in [2.24, 2.45) is 5.73 Å². The molecule has 0 aromatic heterocycles. The SMILES string of the molecule is COc1ccccc1C(CCC(O)O)OC(N)=O. The molecule has 1 rings (SSSR count). The summed E-state index contributed by atoms with van der Waals surface area (Å²) in [5.74, 6) is 0.552. The molecule has 0 fully saturated rings. The molecule has 6 nitrogen and oxygen atoms in total. The first-order valence-electron chi connectivity index (χ1n) is 5.49. The van der Waals surface area contributed by atoms with Crippen LogP contribution in [0.2, 0.25) is 0 Å². The monoisotopic (exact) mass is 255 g/mol. The van der Waals surface area contributed by atoms with E-state index in [0.29, 0.717) is 11.3 Å². The van der Waals surface area contributed by atoms with Gasteiger partial charge in [0.1, 0.15) is 11.9 Å². The number of amides is 1. The molecule has 0 saturated heterocycles. The molecule has 4 N–H and O–H groups in total. The average Bonchev–Trinajstić information content (AvgIpc) is 2.33. The number of para-hydroxylation sites is 1. The minimum absolute atomic E-state index is 0.0655. The van der Waals surface area contributed by atoms with E-state index in [9.17, 15) is 4.79 Å². The van der Waals surface area contributed by atoms with Gasteiger partial charge in [0.2, 0.25) is 0 Å². The number of benzene rings is 1. The van der Waals surface area contributed by atoms with E-state index in [1.807, 2.05) is 0 Å². The van der Waals surface area contributed by atoms with E-state index < -0.39 is 18.5 Å². The molecule has 1 atom stereocenters. The van der Waals surface area contributed by atoms with Crippen LogP contribution in [0.25, 0.3) is 0 Å². The summed E-state index contributed by atoms with van der Waals surface area (Å²) in [7, 11) is 1.50. The Hall–Kier alpha value is -1.79. The summed E-state index contributed by atoms with van der Waals surface area (Å²) in [5, 5.41) is 17.7. The van der Waals surface area contributed by atoms with Gasteiger partial charge < -0.3 is 25.4 Å². The van der Waals surface area contributed by atoms with E-state index in [1.54, 1.807) is 24.3 Å². The van der Waals surface area contributed by atoms with Gasteiger partial charge in [0.15, 0.2) is 6.29 Å². The number of ether oxygens (including phenoxy) is 2. The maximum absolute atomic E-state index is 10.9. The van der Waals surface area contributed by atoms with Crippen LogP contribution in [0.15, 0.2) is 24.3 Å². The van der Waals surface area contributed by atoms with Gasteiger partial charge in [0.05, 0.1) is 7.11 Å². The van der Waals surface area contributed by atoms with Gasteiger partial charge in [-0.25, -0.2) is 4.79 Å². The third kappa shape index (κ3) is 4.23. The van der Waals surface area contributed by atoms with Gasteiger partial charge in [-0.1, -0.05) is 18.2 Å². The van der Waals surface area contributed by atoms with Crippen molar-refractivity contribution in [1.29, 1.82) is 0 Å². The summed E-state index contributed by atoms with van der Waals surface area (Å²) in [6.07, 6.45) is -2.74. The highest BCUT2D eigenvalue weighted by Crippen LogP contribution is 2.30. The standard InChI is InChI=1S/C12H17NO5/c1-17-9-5-3-2-4-8(9)10(18-12(13)16)6-7-11(14)15/h2-5,10-11,14-15H,6-7H2,1H3,(H2,13,16). The number of methoxy groups -OCH3 is 1. The van der Waals surface area contributed by atoms with Crippen molar-refractivity contribution in [3.8, 4) is 5.75 Å². The number of carbonyl (C=O) groups is 1. The van der Waals surface area contributed by atoms with Crippen LogP contribution < -0.4 is 10.5 Å². The van der Waals surface area contributed by atoms with E-state index in [1.165, 1.54) is 7.11 Å². The zero-order chi connectivity index (χ0) is 13.5. The van der Waals surface area contributed by atoms with Crippen LogP contribution in [0.4, 0.5) is 4.79 Å². The molecule has 6 heteroatoms. The molecule has 0 spiro atoms. The molecule has 0 bridgehead atoms. The molecule has 0 aliphatic rings. The topological polar surface area (TPSA) is 102 Å². The number of hydrogen-bond donors (Lipinski definition) is 3. The maximum Gasteiger partial charge on any atom is 0.405 e. The van der Waals surface area contributed by atoms with Crippen molar-refractivity contribution >= 4 is 6.09 Å². The summed E-state index contributed by atoms with van der Waals surface area (Å²) in [6.45, 7) is 0. The van der Waals surface area contributed by atoms with E-state index in [4.69, 9.17) is 25.4 Å². The second kappa shape index (κ2) is 6.83. The first-order valence-corrected chi connectivity index (χ1v) is 5.49. The number of aliphatic hydroxyl groups excluding tert-OH is 1. The Morgan fingerprint density at radius 1 is 1.33 bits per heavy atom. The lowest BCUT2D eigenvalue weighted by Crippen LogP contribution is -2.19. The van der Waals surface area contributed by atoms with Gasteiger partial charge in [-0.3, -0.25) is 0 Å². The third-order valence-corrected chi connectivity index (χ3v) is 2.43. The summed E-state index contributed by atoms with van der Waals surface area (Å²) in [6, 6.07) is 7.01. The molecule has 0 aliphatic heterocycles. The largest absolute Gasteiger partial charge is 0.496 e. The Bertz CT molecular complexity index is 394. The number of rotatable bonds is 6. The number of aliphatic hydroxyl groups is 2. The number of nitrogens with two attached hydrogens (primary N) is 1. The molecular weight excluding hydrogens is 238 g/mol. The number of hydrogen-bond acceptors (Lipinski definition) is 5. The second-order valence-corrected chi connectivity index (χ2v) is 3.73. The van der Waals surface area contributed by atoms with Gasteiger partial charge in [0.25, 0.3) is 0 Å². The van der Waals surface area contributed by atoms with E-state index in [-0.39, 0.29) is 12.8 Å². The summed E-state index contributed by atoms with van der Waals surface area (Å²) < 4.78 is 10.1. The second-order valence-electron chi connectivity index (χ2n) is 3.73. The summed E-state index contributed by atoms with van der Waals surface area (Å²) in [5.41, 5.74) is 5.64. The van der Waals surface area contributed by atoms with Crippen molar-refractivity contribution in [3.05, 3.63) is 29.8 Å². The van der Waals surface area contributed by atoms with E-state index in [2.05, 4.69) is 0 Å². The van der Waals surface area contributed by atoms with Gasteiger partial charge >= 0.3 is 6.09 Å². The van der Waals surface area contributed by atoms with Crippen LogP contribution in [0, 0.1) is 0 Å². The van der Waals surface area contributed by atoms with Crippen molar-refractivity contribution in [1.82, 2.24) is 0 Å². The van der Waals surface area contributed by atoms with Crippen LogP contribution in [0.3, 0.4) is 0 Å². The fourth-order valence-corrected chi connectivity index (χ4v) is 1.65. The lowest BCUT2D eigenvalue weighted by atomic mass is 10.0. The van der Waals surface area contributed by atoms with Crippen LogP contribution in [-0.2, 0) is 4.74 Å². The summed E-state index contributed by atoms with van der Waals surface area (Å²) >= 11 is 0. The zero-order valence-electron chi connectivity index (χ0n) is 10.1. The highest BCUT2D eigenvalue weighted by atomic mass is 16.6. The molecule has 18 heavy (non-hydrogen) atoms. The van der Waals surface area contributed by atoms with Crippen LogP contribution in [-0.4, -0.2) is 29.7 Å². The lowest BCUT2D eigenvalue weighted by Gasteiger charge is -2.19. The molecular formula is C12H17NO5. The van der Waals surface area contributed by atoms with Crippen LogP contribution >= 0.6 is 0 Å². The lowest BCUT2D eigenvalue weighted by molar-refractivity contribution is -0.0538.